The molecule has 1 nitrogen and oxygen atoms in total. The van der Waals surface area contributed by atoms with E-state index in [9.17, 15) is 0 Å². The first-order valence-corrected chi connectivity index (χ1v) is 10.0. The molecule has 0 heterocycles. The molecule has 2 aliphatic carbocycles. The predicted octanol–water partition coefficient (Wildman–Crippen LogP) is 6.55. The first-order chi connectivity index (χ1) is 11.7. The van der Waals surface area contributed by atoms with Gasteiger partial charge in [0.15, 0.2) is 0 Å². The summed E-state index contributed by atoms with van der Waals surface area (Å²) in [6.07, 6.45) is 16.9. The third-order valence-corrected chi connectivity index (χ3v) is 6.64. The standard InChI is InChI=1S/C22H31ClO/c1-24-17-5-6-18-7-9-19(10-8-18)22(15-3-2-4-16-22)20-11-13-21(23)14-12-20/h5-6,11-14,18-19H,2-4,7-10,15-17H2,1H3/b6-5+. The Morgan fingerprint density at radius 3 is 2.33 bits per heavy atom. The van der Waals surface area contributed by atoms with Crippen molar-refractivity contribution in [2.45, 2.75) is 63.2 Å². The number of rotatable bonds is 5. The van der Waals surface area contributed by atoms with E-state index in [2.05, 4.69) is 36.4 Å². The molecule has 0 atom stereocenters. The fourth-order valence-corrected chi connectivity index (χ4v) is 5.23. The minimum Gasteiger partial charge on any atom is -0.381 e. The van der Waals surface area contributed by atoms with Crippen molar-refractivity contribution in [1.29, 1.82) is 0 Å². The normalized spacial score (nSPS) is 27.4. The zero-order valence-corrected chi connectivity index (χ0v) is 15.7. The summed E-state index contributed by atoms with van der Waals surface area (Å²) in [6.45, 7) is 0.745. The molecule has 3 rings (SSSR count). The second-order valence-corrected chi connectivity index (χ2v) is 8.16. The van der Waals surface area contributed by atoms with Gasteiger partial charge in [0.25, 0.3) is 0 Å². The predicted molar refractivity (Wildman–Crippen MR) is 103 cm³/mol. The molecule has 2 saturated carbocycles. The highest BCUT2D eigenvalue weighted by molar-refractivity contribution is 6.30. The number of ether oxygens (including phenoxy) is 1. The number of halogens is 1. The van der Waals surface area contributed by atoms with E-state index in [0.717, 1.165) is 23.5 Å². The quantitative estimate of drug-likeness (QED) is 0.549. The Kier molecular flexibility index (Phi) is 6.41. The molecule has 0 aromatic heterocycles. The van der Waals surface area contributed by atoms with E-state index in [0.29, 0.717) is 5.41 Å². The maximum absolute atomic E-state index is 6.14. The highest BCUT2D eigenvalue weighted by Gasteiger charge is 2.42. The molecular formula is C22H31ClO. The Morgan fingerprint density at radius 2 is 1.71 bits per heavy atom. The van der Waals surface area contributed by atoms with Crippen molar-refractivity contribution in [3.8, 4) is 0 Å². The van der Waals surface area contributed by atoms with Crippen LogP contribution < -0.4 is 0 Å². The third kappa shape index (κ3) is 4.06. The van der Waals surface area contributed by atoms with Gasteiger partial charge in [-0.05, 0) is 73.5 Å². The Labute approximate surface area is 152 Å². The molecule has 0 spiro atoms. The highest BCUT2D eigenvalue weighted by atomic mass is 35.5. The lowest BCUT2D eigenvalue weighted by Crippen LogP contribution is -2.39. The average molecular weight is 347 g/mol. The summed E-state index contributed by atoms with van der Waals surface area (Å²) in [5, 5.41) is 0.858. The van der Waals surface area contributed by atoms with Crippen LogP contribution in [-0.4, -0.2) is 13.7 Å². The average Bonchev–Trinajstić information content (AvgIpc) is 2.64. The smallest absolute Gasteiger partial charge is 0.0643 e. The SMILES string of the molecule is COC/C=C/C1CCC(C2(c3ccc(Cl)cc3)CCCCC2)CC1. The fraction of sp³-hybridized carbons (Fsp3) is 0.636. The monoisotopic (exact) mass is 346 g/mol. The van der Waals surface area contributed by atoms with Gasteiger partial charge in [-0.25, -0.2) is 0 Å². The molecule has 2 heteroatoms. The summed E-state index contributed by atoms with van der Waals surface area (Å²) < 4.78 is 5.14. The minimum atomic E-state index is 0.407. The second kappa shape index (κ2) is 8.54. The first kappa shape index (κ1) is 18.0. The van der Waals surface area contributed by atoms with Gasteiger partial charge >= 0.3 is 0 Å². The topological polar surface area (TPSA) is 9.23 Å². The maximum Gasteiger partial charge on any atom is 0.0643 e. The van der Waals surface area contributed by atoms with E-state index in [-0.39, 0.29) is 0 Å². The number of hydrogen-bond acceptors (Lipinski definition) is 1. The van der Waals surface area contributed by atoms with E-state index in [4.69, 9.17) is 16.3 Å². The van der Waals surface area contributed by atoms with Crippen molar-refractivity contribution in [3.05, 3.63) is 47.0 Å². The van der Waals surface area contributed by atoms with E-state index in [1.807, 2.05) is 0 Å². The van der Waals surface area contributed by atoms with Gasteiger partial charge in [0.2, 0.25) is 0 Å². The molecule has 24 heavy (non-hydrogen) atoms. The molecule has 0 saturated heterocycles. The molecular weight excluding hydrogens is 316 g/mol. The van der Waals surface area contributed by atoms with Gasteiger partial charge in [0.1, 0.15) is 0 Å². The number of methoxy groups -OCH3 is 1. The molecule has 1 aromatic carbocycles. The molecule has 0 unspecified atom stereocenters. The van der Waals surface area contributed by atoms with Crippen molar-refractivity contribution in [1.82, 2.24) is 0 Å². The lowest BCUT2D eigenvalue weighted by Gasteiger charge is -2.47. The van der Waals surface area contributed by atoms with Crippen LogP contribution in [-0.2, 0) is 10.2 Å². The Bertz CT molecular complexity index is 519. The van der Waals surface area contributed by atoms with Crippen LogP contribution in [0.5, 0.6) is 0 Å². The van der Waals surface area contributed by atoms with Gasteiger partial charge in [0.05, 0.1) is 6.61 Å². The van der Waals surface area contributed by atoms with Gasteiger partial charge < -0.3 is 4.74 Å². The van der Waals surface area contributed by atoms with Crippen molar-refractivity contribution in [2.24, 2.45) is 11.8 Å². The third-order valence-electron chi connectivity index (χ3n) is 6.39. The summed E-state index contributed by atoms with van der Waals surface area (Å²) in [5.74, 6) is 1.59. The van der Waals surface area contributed by atoms with E-state index >= 15 is 0 Å². The second-order valence-electron chi connectivity index (χ2n) is 7.72. The summed E-state index contributed by atoms with van der Waals surface area (Å²) in [6, 6.07) is 8.79. The van der Waals surface area contributed by atoms with Gasteiger partial charge in [-0.1, -0.05) is 55.1 Å². The minimum absolute atomic E-state index is 0.407. The number of hydrogen-bond donors (Lipinski definition) is 0. The molecule has 2 fully saturated rings. The largest absolute Gasteiger partial charge is 0.381 e. The Hall–Kier alpha value is -0.790. The van der Waals surface area contributed by atoms with Crippen LogP contribution in [0.3, 0.4) is 0 Å². The lowest BCUT2D eigenvalue weighted by molar-refractivity contribution is 0.136. The fourth-order valence-electron chi connectivity index (χ4n) is 5.11. The van der Waals surface area contributed by atoms with Gasteiger partial charge in [-0.3, -0.25) is 0 Å². The van der Waals surface area contributed by atoms with Gasteiger partial charge in [-0.2, -0.15) is 0 Å². The lowest BCUT2D eigenvalue weighted by atomic mass is 9.58. The summed E-state index contributed by atoms with van der Waals surface area (Å²) in [7, 11) is 1.76. The maximum atomic E-state index is 6.14. The molecule has 2 aliphatic rings. The number of allylic oxidation sites excluding steroid dienone is 1. The summed E-state index contributed by atoms with van der Waals surface area (Å²) in [4.78, 5) is 0. The molecule has 132 valence electrons. The van der Waals surface area contributed by atoms with Crippen LogP contribution in [0, 0.1) is 11.8 Å². The van der Waals surface area contributed by atoms with Gasteiger partial charge in [0, 0.05) is 12.1 Å². The van der Waals surface area contributed by atoms with Crippen LogP contribution in [0.25, 0.3) is 0 Å². The zero-order chi connectivity index (χ0) is 16.8. The molecule has 0 bridgehead atoms. The van der Waals surface area contributed by atoms with Crippen molar-refractivity contribution in [2.75, 3.05) is 13.7 Å². The Morgan fingerprint density at radius 1 is 1.04 bits per heavy atom. The van der Waals surface area contributed by atoms with Crippen LogP contribution in [0.15, 0.2) is 36.4 Å². The van der Waals surface area contributed by atoms with Crippen LogP contribution in [0.2, 0.25) is 5.02 Å². The van der Waals surface area contributed by atoms with Crippen LogP contribution >= 0.6 is 11.6 Å². The first-order valence-electron chi connectivity index (χ1n) is 9.66. The number of benzene rings is 1. The molecule has 0 N–H and O–H groups in total. The Balaban J connectivity index is 1.72. The van der Waals surface area contributed by atoms with Crippen LogP contribution in [0.1, 0.15) is 63.4 Å². The van der Waals surface area contributed by atoms with Crippen molar-refractivity contribution < 1.29 is 4.74 Å². The van der Waals surface area contributed by atoms with Crippen molar-refractivity contribution >= 4 is 11.6 Å². The van der Waals surface area contributed by atoms with E-state index in [1.165, 1.54) is 57.8 Å². The summed E-state index contributed by atoms with van der Waals surface area (Å²) in [5.41, 5.74) is 1.95. The van der Waals surface area contributed by atoms with E-state index < -0.39 is 0 Å². The molecule has 1 aromatic rings. The summed E-state index contributed by atoms with van der Waals surface area (Å²) >= 11 is 6.14. The zero-order valence-electron chi connectivity index (χ0n) is 15.0. The van der Waals surface area contributed by atoms with Gasteiger partial charge in [-0.15, -0.1) is 0 Å². The molecule has 0 amide bonds. The molecule has 0 radical (unpaired) electrons. The van der Waals surface area contributed by atoms with E-state index in [1.54, 1.807) is 12.7 Å². The molecule has 0 aliphatic heterocycles. The highest BCUT2D eigenvalue weighted by Crippen LogP contribution is 2.51. The van der Waals surface area contributed by atoms with Crippen molar-refractivity contribution in [3.63, 3.8) is 0 Å². The van der Waals surface area contributed by atoms with Crippen LogP contribution in [0.4, 0.5) is 0 Å².